The maximum atomic E-state index is 13.3. The van der Waals surface area contributed by atoms with E-state index in [9.17, 15) is 9.59 Å². The average molecular weight is 645 g/mol. The SMILES string of the molecule is CCCCCCCC/C=C\CCCCCCCCN1C(=O)C[C@H](C(=O)OCC2CCN(C)CC2)[C@H]1CCCCCCCCCCC. The van der Waals surface area contributed by atoms with Crippen LogP contribution in [0.1, 0.15) is 187 Å². The molecule has 2 atom stereocenters. The van der Waals surface area contributed by atoms with E-state index < -0.39 is 0 Å². The Balaban J connectivity index is 1.67. The lowest BCUT2D eigenvalue weighted by Gasteiger charge is -2.30. The molecule has 0 bridgehead atoms. The zero-order chi connectivity index (χ0) is 33.1. The molecule has 268 valence electrons. The topological polar surface area (TPSA) is 49.9 Å². The van der Waals surface area contributed by atoms with Crippen LogP contribution >= 0.6 is 0 Å². The predicted octanol–water partition coefficient (Wildman–Crippen LogP) is 11.0. The summed E-state index contributed by atoms with van der Waals surface area (Å²) in [6.45, 7) is 8.04. The van der Waals surface area contributed by atoms with Crippen molar-refractivity contribution in [3.05, 3.63) is 12.2 Å². The second kappa shape index (κ2) is 27.6. The Hall–Kier alpha value is -1.36. The Labute approximate surface area is 286 Å². The molecule has 0 aromatic heterocycles. The van der Waals surface area contributed by atoms with Crippen LogP contribution in [0.2, 0.25) is 0 Å². The Kier molecular flexibility index (Phi) is 24.5. The fourth-order valence-electron chi connectivity index (χ4n) is 7.46. The first-order valence-electron chi connectivity index (χ1n) is 20.4. The molecule has 0 saturated carbocycles. The van der Waals surface area contributed by atoms with Gasteiger partial charge in [0, 0.05) is 19.0 Å². The van der Waals surface area contributed by atoms with E-state index in [0.29, 0.717) is 18.9 Å². The lowest BCUT2D eigenvalue weighted by Crippen LogP contribution is -2.39. The van der Waals surface area contributed by atoms with Gasteiger partial charge in [0.05, 0.1) is 12.5 Å². The Morgan fingerprint density at radius 3 is 1.72 bits per heavy atom. The summed E-state index contributed by atoms with van der Waals surface area (Å²) in [5.74, 6) is 0.249. The maximum Gasteiger partial charge on any atom is 0.311 e. The van der Waals surface area contributed by atoms with Crippen LogP contribution in [-0.4, -0.2) is 61.0 Å². The molecule has 5 nitrogen and oxygen atoms in total. The molecule has 0 radical (unpaired) electrons. The fraction of sp³-hybridized carbons (Fsp3) is 0.902. The zero-order valence-corrected chi connectivity index (χ0v) is 30.9. The number of ether oxygens (including phenoxy) is 1. The first-order valence-corrected chi connectivity index (χ1v) is 20.4. The number of unbranched alkanes of at least 4 members (excludes halogenated alkanes) is 20. The number of piperidine rings is 1. The van der Waals surface area contributed by atoms with Crippen LogP contribution in [0.15, 0.2) is 12.2 Å². The Morgan fingerprint density at radius 2 is 1.17 bits per heavy atom. The van der Waals surface area contributed by atoms with E-state index in [1.54, 1.807) is 0 Å². The molecule has 0 unspecified atom stereocenters. The summed E-state index contributed by atoms with van der Waals surface area (Å²) in [4.78, 5) is 31.0. The number of allylic oxidation sites excluding steroid dienone is 2. The molecule has 2 heterocycles. The predicted molar refractivity (Wildman–Crippen MR) is 196 cm³/mol. The van der Waals surface area contributed by atoms with Gasteiger partial charge in [-0.25, -0.2) is 0 Å². The van der Waals surface area contributed by atoms with Gasteiger partial charge in [-0.15, -0.1) is 0 Å². The van der Waals surface area contributed by atoms with Crippen molar-refractivity contribution in [3.63, 3.8) is 0 Å². The number of likely N-dealkylation sites (tertiary alicyclic amines) is 2. The number of carbonyl (C=O) groups excluding carboxylic acids is 2. The first-order chi connectivity index (χ1) is 22.6. The van der Waals surface area contributed by atoms with E-state index >= 15 is 0 Å². The number of nitrogens with zero attached hydrogens (tertiary/aromatic N) is 2. The normalized spacial score (nSPS) is 19.5. The molecule has 0 aromatic carbocycles. The Bertz CT molecular complexity index is 776. The van der Waals surface area contributed by atoms with E-state index in [1.807, 2.05) is 0 Å². The molecule has 2 rings (SSSR count). The van der Waals surface area contributed by atoms with Gasteiger partial charge in [0.25, 0.3) is 0 Å². The van der Waals surface area contributed by atoms with Crippen molar-refractivity contribution in [3.8, 4) is 0 Å². The van der Waals surface area contributed by atoms with Gasteiger partial charge in [0.15, 0.2) is 0 Å². The van der Waals surface area contributed by atoms with Crippen molar-refractivity contribution in [1.82, 2.24) is 9.80 Å². The molecule has 0 aromatic rings. The minimum atomic E-state index is -0.276. The molecular weight excluding hydrogens is 568 g/mol. The summed E-state index contributed by atoms with van der Waals surface area (Å²) < 4.78 is 5.91. The number of esters is 1. The molecule has 0 spiro atoms. The summed E-state index contributed by atoms with van der Waals surface area (Å²) in [5.41, 5.74) is 0. The van der Waals surface area contributed by atoms with Crippen molar-refractivity contribution in [2.75, 3.05) is 33.3 Å². The van der Waals surface area contributed by atoms with Gasteiger partial charge in [-0.05, 0) is 77.4 Å². The lowest BCUT2D eigenvalue weighted by atomic mass is 9.94. The van der Waals surface area contributed by atoms with E-state index in [-0.39, 0.29) is 23.8 Å². The van der Waals surface area contributed by atoms with Crippen molar-refractivity contribution in [2.24, 2.45) is 11.8 Å². The third kappa shape index (κ3) is 18.8. The van der Waals surface area contributed by atoms with E-state index in [0.717, 1.165) is 51.7 Å². The highest BCUT2D eigenvalue weighted by Crippen LogP contribution is 2.32. The minimum absolute atomic E-state index is 0.0326. The quantitative estimate of drug-likeness (QED) is 0.0462. The molecule has 2 aliphatic heterocycles. The highest BCUT2D eigenvalue weighted by atomic mass is 16.5. The summed E-state index contributed by atoms with van der Waals surface area (Å²) in [6, 6.07) is 0.0326. The summed E-state index contributed by atoms with van der Waals surface area (Å²) in [6.07, 6.45) is 38.0. The zero-order valence-electron chi connectivity index (χ0n) is 30.9. The number of hydrogen-bond acceptors (Lipinski definition) is 4. The largest absolute Gasteiger partial charge is 0.465 e. The molecular formula is C41H76N2O3. The van der Waals surface area contributed by atoms with Crippen LogP contribution in [-0.2, 0) is 14.3 Å². The molecule has 2 saturated heterocycles. The lowest BCUT2D eigenvalue weighted by molar-refractivity contribution is -0.151. The van der Waals surface area contributed by atoms with Crippen molar-refractivity contribution >= 4 is 11.9 Å². The smallest absolute Gasteiger partial charge is 0.311 e. The van der Waals surface area contributed by atoms with Gasteiger partial charge >= 0.3 is 5.97 Å². The summed E-state index contributed by atoms with van der Waals surface area (Å²) in [7, 11) is 2.16. The van der Waals surface area contributed by atoms with Crippen molar-refractivity contribution in [2.45, 2.75) is 193 Å². The fourth-order valence-corrected chi connectivity index (χ4v) is 7.46. The van der Waals surface area contributed by atoms with Gasteiger partial charge in [-0.1, -0.05) is 142 Å². The molecule has 5 heteroatoms. The second-order valence-electron chi connectivity index (χ2n) is 14.9. The molecule has 1 amide bonds. The van der Waals surface area contributed by atoms with Gasteiger partial charge in [-0.2, -0.15) is 0 Å². The van der Waals surface area contributed by atoms with Crippen LogP contribution < -0.4 is 0 Å². The average Bonchev–Trinajstić information content (AvgIpc) is 3.37. The van der Waals surface area contributed by atoms with Crippen LogP contribution in [0, 0.1) is 11.8 Å². The molecule has 46 heavy (non-hydrogen) atoms. The standard InChI is InChI=1S/C41H76N2O3/c1-4-6-8-10-12-14-15-16-17-18-19-20-22-24-26-28-32-43-39(29-27-25-23-21-13-11-9-7-5-2)38(35-40(43)44)41(45)46-36-37-30-33-42(3)34-31-37/h16-17,37-39H,4-15,18-36H2,1-3H3/b17-16-/t38-,39+/m0/s1. The van der Waals surface area contributed by atoms with E-state index in [4.69, 9.17) is 4.74 Å². The number of carbonyl (C=O) groups is 2. The van der Waals surface area contributed by atoms with Crippen LogP contribution in [0.4, 0.5) is 0 Å². The van der Waals surface area contributed by atoms with Gasteiger partial charge in [-0.3, -0.25) is 9.59 Å². The van der Waals surface area contributed by atoms with Gasteiger partial charge < -0.3 is 14.5 Å². The molecule has 2 aliphatic rings. The van der Waals surface area contributed by atoms with E-state index in [1.165, 1.54) is 135 Å². The van der Waals surface area contributed by atoms with Crippen molar-refractivity contribution < 1.29 is 14.3 Å². The van der Waals surface area contributed by atoms with Crippen LogP contribution in [0.25, 0.3) is 0 Å². The highest BCUT2D eigenvalue weighted by molar-refractivity contribution is 5.87. The summed E-state index contributed by atoms with van der Waals surface area (Å²) in [5, 5.41) is 0. The first kappa shape index (κ1) is 40.8. The van der Waals surface area contributed by atoms with Crippen LogP contribution in [0.3, 0.4) is 0 Å². The number of amides is 1. The van der Waals surface area contributed by atoms with E-state index in [2.05, 4.69) is 42.8 Å². The third-order valence-electron chi connectivity index (χ3n) is 10.7. The van der Waals surface area contributed by atoms with Crippen LogP contribution in [0.5, 0.6) is 0 Å². The monoisotopic (exact) mass is 645 g/mol. The number of rotatable bonds is 29. The van der Waals surface area contributed by atoms with Gasteiger partial charge in [0.1, 0.15) is 0 Å². The maximum absolute atomic E-state index is 13.3. The summed E-state index contributed by atoms with van der Waals surface area (Å²) >= 11 is 0. The van der Waals surface area contributed by atoms with Gasteiger partial charge in [0.2, 0.25) is 5.91 Å². The highest BCUT2D eigenvalue weighted by Gasteiger charge is 2.43. The Morgan fingerprint density at radius 1 is 0.696 bits per heavy atom. The molecule has 0 N–H and O–H groups in total. The third-order valence-corrected chi connectivity index (χ3v) is 10.7. The molecule has 2 fully saturated rings. The second-order valence-corrected chi connectivity index (χ2v) is 14.9. The molecule has 0 aliphatic carbocycles. The minimum Gasteiger partial charge on any atom is -0.465 e. The van der Waals surface area contributed by atoms with Crippen molar-refractivity contribution in [1.29, 1.82) is 0 Å². The number of hydrogen-bond donors (Lipinski definition) is 0.